The Morgan fingerprint density at radius 2 is 2.07 bits per heavy atom. The molecular formula is C15H22. The van der Waals surface area contributed by atoms with Crippen molar-refractivity contribution in [3.8, 4) is 0 Å². The van der Waals surface area contributed by atoms with Gasteiger partial charge >= 0.3 is 0 Å². The van der Waals surface area contributed by atoms with Crippen molar-refractivity contribution in [1.29, 1.82) is 0 Å². The van der Waals surface area contributed by atoms with E-state index in [9.17, 15) is 0 Å². The molecule has 0 amide bonds. The zero-order valence-electron chi connectivity index (χ0n) is 10.5. The Hall–Kier alpha value is -1.04. The van der Waals surface area contributed by atoms with E-state index in [1.807, 2.05) is 6.08 Å². The second-order valence-electron chi connectivity index (χ2n) is 4.37. The summed E-state index contributed by atoms with van der Waals surface area (Å²) in [6, 6.07) is 0. The van der Waals surface area contributed by atoms with Gasteiger partial charge in [-0.25, -0.2) is 0 Å². The Kier molecular flexibility index (Phi) is 4.14. The first-order valence-corrected chi connectivity index (χ1v) is 5.79. The minimum Gasteiger partial charge on any atom is -0.0988 e. The second-order valence-corrected chi connectivity index (χ2v) is 4.37. The summed E-state index contributed by atoms with van der Waals surface area (Å²) in [4.78, 5) is 0. The predicted octanol–water partition coefficient (Wildman–Crippen LogP) is 4.96. The summed E-state index contributed by atoms with van der Waals surface area (Å²) in [6.07, 6.45) is 7.82. The zero-order chi connectivity index (χ0) is 11.4. The summed E-state index contributed by atoms with van der Waals surface area (Å²) in [5.41, 5.74) is 7.31. The van der Waals surface area contributed by atoms with Crippen molar-refractivity contribution >= 4 is 0 Å². The van der Waals surface area contributed by atoms with Gasteiger partial charge in [-0.15, -0.1) is 0 Å². The van der Waals surface area contributed by atoms with Gasteiger partial charge in [-0.05, 0) is 62.3 Å². The van der Waals surface area contributed by atoms with Gasteiger partial charge < -0.3 is 0 Å². The van der Waals surface area contributed by atoms with E-state index in [0.717, 1.165) is 6.42 Å². The third kappa shape index (κ3) is 2.71. The first-order valence-electron chi connectivity index (χ1n) is 5.79. The van der Waals surface area contributed by atoms with Crippen LogP contribution in [0.5, 0.6) is 0 Å². The number of allylic oxidation sites excluding steroid dienone is 7. The molecule has 0 bridgehead atoms. The highest BCUT2D eigenvalue weighted by Gasteiger charge is 2.12. The highest BCUT2D eigenvalue weighted by molar-refractivity contribution is 5.46. The third-order valence-electron chi connectivity index (χ3n) is 3.21. The maximum Gasteiger partial charge on any atom is -0.0236 e. The Morgan fingerprint density at radius 1 is 1.40 bits per heavy atom. The fourth-order valence-corrected chi connectivity index (χ4v) is 2.29. The molecule has 0 saturated carbocycles. The molecule has 0 aromatic carbocycles. The van der Waals surface area contributed by atoms with Crippen LogP contribution in [-0.4, -0.2) is 0 Å². The Balaban J connectivity index is 3.17. The smallest absolute Gasteiger partial charge is 0.0236 e. The molecule has 82 valence electrons. The highest BCUT2D eigenvalue weighted by atomic mass is 14.2. The lowest BCUT2D eigenvalue weighted by atomic mass is 9.86. The van der Waals surface area contributed by atoms with Crippen molar-refractivity contribution in [2.75, 3.05) is 0 Å². The summed E-state index contributed by atoms with van der Waals surface area (Å²) in [5.74, 6) is 0. The summed E-state index contributed by atoms with van der Waals surface area (Å²) >= 11 is 0. The van der Waals surface area contributed by atoms with Gasteiger partial charge in [-0.1, -0.05) is 31.2 Å². The van der Waals surface area contributed by atoms with Crippen molar-refractivity contribution in [2.24, 2.45) is 0 Å². The Labute approximate surface area is 94.1 Å². The molecule has 0 radical (unpaired) electrons. The van der Waals surface area contributed by atoms with Crippen LogP contribution >= 0.6 is 0 Å². The van der Waals surface area contributed by atoms with Crippen LogP contribution in [0.2, 0.25) is 0 Å². The standard InChI is InChI=1S/C15H22/c1-6-12(4)14(7-2)15-9-8-11(3)10-13(15)5/h6,10H,1,7-9H2,2-5H3/b14-12+. The van der Waals surface area contributed by atoms with Crippen LogP contribution in [0.15, 0.2) is 46.6 Å². The quantitative estimate of drug-likeness (QED) is 0.568. The Morgan fingerprint density at radius 3 is 2.53 bits per heavy atom. The van der Waals surface area contributed by atoms with Crippen LogP contribution in [0.4, 0.5) is 0 Å². The average Bonchev–Trinajstić information content (AvgIpc) is 2.21. The molecule has 0 unspecified atom stereocenters. The zero-order valence-corrected chi connectivity index (χ0v) is 10.5. The van der Waals surface area contributed by atoms with Crippen LogP contribution < -0.4 is 0 Å². The minimum absolute atomic E-state index is 1.11. The first kappa shape index (κ1) is 12.0. The van der Waals surface area contributed by atoms with Gasteiger partial charge in [0.2, 0.25) is 0 Å². The fourth-order valence-electron chi connectivity index (χ4n) is 2.29. The van der Waals surface area contributed by atoms with Crippen LogP contribution in [0.1, 0.15) is 47.0 Å². The van der Waals surface area contributed by atoms with Gasteiger partial charge in [-0.3, -0.25) is 0 Å². The molecule has 0 aromatic rings. The molecule has 1 aliphatic rings. The van der Waals surface area contributed by atoms with Crippen molar-refractivity contribution in [1.82, 2.24) is 0 Å². The molecule has 0 nitrogen and oxygen atoms in total. The summed E-state index contributed by atoms with van der Waals surface area (Å²) in [5, 5.41) is 0. The number of hydrogen-bond donors (Lipinski definition) is 0. The van der Waals surface area contributed by atoms with E-state index >= 15 is 0 Å². The fraction of sp³-hybridized carbons (Fsp3) is 0.467. The minimum atomic E-state index is 1.11. The van der Waals surface area contributed by atoms with Gasteiger partial charge in [0, 0.05) is 0 Å². The van der Waals surface area contributed by atoms with Crippen molar-refractivity contribution in [2.45, 2.75) is 47.0 Å². The predicted molar refractivity (Wildman–Crippen MR) is 68.9 cm³/mol. The summed E-state index contributed by atoms with van der Waals surface area (Å²) in [7, 11) is 0. The average molecular weight is 202 g/mol. The van der Waals surface area contributed by atoms with Gasteiger partial charge in [0.1, 0.15) is 0 Å². The molecule has 0 spiro atoms. The lowest BCUT2D eigenvalue weighted by molar-refractivity contribution is 0.871. The number of rotatable bonds is 3. The molecular weight excluding hydrogens is 180 g/mol. The normalized spacial score (nSPS) is 18.5. The van der Waals surface area contributed by atoms with Crippen LogP contribution in [0, 0.1) is 0 Å². The van der Waals surface area contributed by atoms with Crippen LogP contribution in [-0.2, 0) is 0 Å². The molecule has 0 atom stereocenters. The molecule has 0 aromatic heterocycles. The molecule has 0 heteroatoms. The topological polar surface area (TPSA) is 0 Å². The second kappa shape index (κ2) is 5.16. The number of hydrogen-bond acceptors (Lipinski definition) is 0. The molecule has 1 rings (SSSR count). The van der Waals surface area contributed by atoms with E-state index in [2.05, 4.69) is 40.3 Å². The molecule has 0 heterocycles. The molecule has 0 fully saturated rings. The monoisotopic (exact) mass is 202 g/mol. The molecule has 1 aliphatic carbocycles. The summed E-state index contributed by atoms with van der Waals surface area (Å²) < 4.78 is 0. The van der Waals surface area contributed by atoms with E-state index in [-0.39, 0.29) is 0 Å². The summed E-state index contributed by atoms with van der Waals surface area (Å²) in [6.45, 7) is 12.7. The molecule has 0 aliphatic heterocycles. The van der Waals surface area contributed by atoms with E-state index < -0.39 is 0 Å². The van der Waals surface area contributed by atoms with E-state index in [4.69, 9.17) is 0 Å². The third-order valence-corrected chi connectivity index (χ3v) is 3.21. The Bertz CT molecular complexity index is 348. The molecule has 0 saturated heterocycles. The largest absolute Gasteiger partial charge is 0.0988 e. The maximum atomic E-state index is 3.87. The molecule has 15 heavy (non-hydrogen) atoms. The molecule has 0 N–H and O–H groups in total. The SMILES string of the molecule is C=C/C(C)=C(\CC)C1=C(C)C=C(C)CC1. The highest BCUT2D eigenvalue weighted by Crippen LogP contribution is 2.32. The van der Waals surface area contributed by atoms with E-state index in [0.29, 0.717) is 0 Å². The van der Waals surface area contributed by atoms with Gasteiger partial charge in [0.25, 0.3) is 0 Å². The lowest BCUT2D eigenvalue weighted by Crippen LogP contribution is -2.00. The van der Waals surface area contributed by atoms with Crippen LogP contribution in [0.3, 0.4) is 0 Å². The van der Waals surface area contributed by atoms with Crippen molar-refractivity contribution < 1.29 is 0 Å². The van der Waals surface area contributed by atoms with Gasteiger partial charge in [-0.2, -0.15) is 0 Å². The van der Waals surface area contributed by atoms with E-state index in [1.54, 1.807) is 5.57 Å². The van der Waals surface area contributed by atoms with E-state index in [1.165, 1.54) is 35.1 Å². The van der Waals surface area contributed by atoms with Gasteiger partial charge in [0.15, 0.2) is 0 Å². The lowest BCUT2D eigenvalue weighted by Gasteiger charge is -2.20. The first-order chi connectivity index (χ1) is 7.10. The maximum absolute atomic E-state index is 3.87. The van der Waals surface area contributed by atoms with Crippen LogP contribution in [0.25, 0.3) is 0 Å². The van der Waals surface area contributed by atoms with Crippen molar-refractivity contribution in [3.63, 3.8) is 0 Å². The van der Waals surface area contributed by atoms with Gasteiger partial charge in [0.05, 0.1) is 0 Å². The van der Waals surface area contributed by atoms with Crippen molar-refractivity contribution in [3.05, 3.63) is 46.6 Å².